The van der Waals surface area contributed by atoms with Crippen LogP contribution in [0, 0.1) is 0 Å². The van der Waals surface area contributed by atoms with Crippen molar-refractivity contribution in [2.75, 3.05) is 23.7 Å². The van der Waals surface area contributed by atoms with Gasteiger partial charge in [-0.3, -0.25) is 0 Å². The molecule has 0 bridgehead atoms. The first-order chi connectivity index (χ1) is 9.79. The van der Waals surface area contributed by atoms with Crippen LogP contribution in [0.4, 0.5) is 11.8 Å². The third-order valence-electron chi connectivity index (χ3n) is 2.83. The van der Waals surface area contributed by atoms with E-state index in [0.717, 1.165) is 25.9 Å². The molecule has 1 heterocycles. The van der Waals surface area contributed by atoms with Gasteiger partial charge in [0.15, 0.2) is 0 Å². The second kappa shape index (κ2) is 7.70. The highest BCUT2D eigenvalue weighted by Gasteiger charge is 2.04. The third-order valence-corrected chi connectivity index (χ3v) is 3.10. The van der Waals surface area contributed by atoms with Gasteiger partial charge >= 0.3 is 0 Å². The van der Waals surface area contributed by atoms with E-state index in [1.165, 1.54) is 5.56 Å². The number of nitrogens with zero attached hydrogens (tertiary/aromatic N) is 2. The molecule has 0 fully saturated rings. The largest absolute Gasteiger partial charge is 0.368 e. The molecule has 0 unspecified atom stereocenters. The standard InChI is InChI=1S/C15H19ClN4/c1-2-9-18-15-19-11-13(16)14(20-15)17-10-8-12-6-4-3-5-7-12/h3-7,11H,2,8-10H2,1H3,(H2,17,18,19,20). The summed E-state index contributed by atoms with van der Waals surface area (Å²) < 4.78 is 0. The minimum atomic E-state index is 0.542. The first-order valence-corrected chi connectivity index (χ1v) is 7.21. The Kier molecular flexibility index (Phi) is 5.62. The molecule has 106 valence electrons. The lowest BCUT2D eigenvalue weighted by Gasteiger charge is -2.09. The van der Waals surface area contributed by atoms with Crippen LogP contribution in [0.15, 0.2) is 36.5 Å². The van der Waals surface area contributed by atoms with Crippen molar-refractivity contribution < 1.29 is 0 Å². The van der Waals surface area contributed by atoms with Gasteiger partial charge in [-0.05, 0) is 18.4 Å². The van der Waals surface area contributed by atoms with E-state index in [-0.39, 0.29) is 0 Å². The number of anilines is 2. The maximum Gasteiger partial charge on any atom is 0.224 e. The molecule has 0 spiro atoms. The summed E-state index contributed by atoms with van der Waals surface area (Å²) in [6.45, 7) is 3.74. The lowest BCUT2D eigenvalue weighted by molar-refractivity contribution is 0.947. The fourth-order valence-corrected chi connectivity index (χ4v) is 1.94. The van der Waals surface area contributed by atoms with Crippen LogP contribution >= 0.6 is 11.6 Å². The zero-order valence-corrected chi connectivity index (χ0v) is 12.3. The summed E-state index contributed by atoms with van der Waals surface area (Å²) in [7, 11) is 0. The van der Waals surface area contributed by atoms with Gasteiger partial charge in [-0.1, -0.05) is 48.9 Å². The average Bonchev–Trinajstić information content (AvgIpc) is 2.49. The smallest absolute Gasteiger partial charge is 0.224 e. The minimum Gasteiger partial charge on any atom is -0.368 e. The molecule has 2 rings (SSSR count). The predicted molar refractivity (Wildman–Crippen MR) is 84.5 cm³/mol. The number of hydrogen-bond donors (Lipinski definition) is 2. The van der Waals surface area contributed by atoms with Gasteiger partial charge in [0.05, 0.1) is 6.20 Å². The zero-order chi connectivity index (χ0) is 14.2. The molecule has 4 nitrogen and oxygen atoms in total. The first kappa shape index (κ1) is 14.6. The highest BCUT2D eigenvalue weighted by molar-refractivity contribution is 6.32. The van der Waals surface area contributed by atoms with Crippen LogP contribution in [-0.2, 0) is 6.42 Å². The number of rotatable bonds is 7. The SMILES string of the molecule is CCCNc1ncc(Cl)c(NCCc2ccccc2)n1. The molecule has 2 aromatic rings. The Hall–Kier alpha value is -1.81. The fraction of sp³-hybridized carbons (Fsp3) is 0.333. The van der Waals surface area contributed by atoms with Gasteiger partial charge in [0.25, 0.3) is 0 Å². The Bertz CT molecular complexity index is 531. The van der Waals surface area contributed by atoms with E-state index in [1.807, 2.05) is 18.2 Å². The highest BCUT2D eigenvalue weighted by Crippen LogP contribution is 2.19. The van der Waals surface area contributed by atoms with Gasteiger partial charge in [0.1, 0.15) is 10.8 Å². The molecular formula is C15H19ClN4. The van der Waals surface area contributed by atoms with E-state index in [0.29, 0.717) is 16.8 Å². The predicted octanol–water partition coefficient (Wildman–Crippen LogP) is 3.61. The van der Waals surface area contributed by atoms with Crippen molar-refractivity contribution in [1.29, 1.82) is 0 Å². The van der Waals surface area contributed by atoms with Crippen LogP contribution < -0.4 is 10.6 Å². The maximum absolute atomic E-state index is 6.10. The highest BCUT2D eigenvalue weighted by atomic mass is 35.5. The first-order valence-electron chi connectivity index (χ1n) is 6.84. The van der Waals surface area contributed by atoms with Crippen molar-refractivity contribution in [2.45, 2.75) is 19.8 Å². The Morgan fingerprint density at radius 2 is 1.90 bits per heavy atom. The molecule has 0 radical (unpaired) electrons. The van der Waals surface area contributed by atoms with E-state index in [9.17, 15) is 0 Å². The summed E-state index contributed by atoms with van der Waals surface area (Å²) in [5.41, 5.74) is 1.29. The van der Waals surface area contributed by atoms with Crippen molar-refractivity contribution >= 4 is 23.4 Å². The van der Waals surface area contributed by atoms with Crippen LogP contribution in [0.2, 0.25) is 5.02 Å². The summed E-state index contributed by atoms with van der Waals surface area (Å²) in [6, 6.07) is 10.3. The van der Waals surface area contributed by atoms with Crippen LogP contribution in [0.25, 0.3) is 0 Å². The lowest BCUT2D eigenvalue weighted by atomic mass is 10.1. The van der Waals surface area contributed by atoms with E-state index in [2.05, 4.69) is 39.7 Å². The summed E-state index contributed by atoms with van der Waals surface area (Å²) in [6.07, 6.45) is 3.58. The van der Waals surface area contributed by atoms with E-state index in [1.54, 1.807) is 6.20 Å². The molecule has 0 saturated carbocycles. The van der Waals surface area contributed by atoms with Gasteiger partial charge in [0, 0.05) is 13.1 Å². The molecule has 0 aliphatic heterocycles. The maximum atomic E-state index is 6.10. The summed E-state index contributed by atoms with van der Waals surface area (Å²) >= 11 is 6.10. The molecule has 0 aliphatic carbocycles. The van der Waals surface area contributed by atoms with Gasteiger partial charge in [-0.2, -0.15) is 4.98 Å². The van der Waals surface area contributed by atoms with Crippen molar-refractivity contribution in [2.24, 2.45) is 0 Å². The van der Waals surface area contributed by atoms with E-state index >= 15 is 0 Å². The van der Waals surface area contributed by atoms with Crippen molar-refractivity contribution in [3.63, 3.8) is 0 Å². The molecule has 2 N–H and O–H groups in total. The molecule has 1 aromatic carbocycles. The molecule has 0 atom stereocenters. The minimum absolute atomic E-state index is 0.542. The number of benzene rings is 1. The lowest BCUT2D eigenvalue weighted by Crippen LogP contribution is -2.10. The Labute approximate surface area is 124 Å². The van der Waals surface area contributed by atoms with Crippen molar-refractivity contribution in [1.82, 2.24) is 9.97 Å². The molecule has 1 aromatic heterocycles. The monoisotopic (exact) mass is 290 g/mol. The summed E-state index contributed by atoms with van der Waals surface area (Å²) in [4.78, 5) is 8.52. The average molecular weight is 291 g/mol. The van der Waals surface area contributed by atoms with E-state index in [4.69, 9.17) is 11.6 Å². The number of halogens is 1. The van der Waals surface area contributed by atoms with Crippen LogP contribution in [0.5, 0.6) is 0 Å². The van der Waals surface area contributed by atoms with Crippen LogP contribution in [-0.4, -0.2) is 23.1 Å². The molecule has 5 heteroatoms. The van der Waals surface area contributed by atoms with Crippen LogP contribution in [0.3, 0.4) is 0 Å². The molecular weight excluding hydrogens is 272 g/mol. The molecule has 0 aliphatic rings. The Balaban J connectivity index is 1.91. The summed E-state index contributed by atoms with van der Waals surface area (Å²) in [5, 5.41) is 6.95. The van der Waals surface area contributed by atoms with E-state index < -0.39 is 0 Å². The number of nitrogens with one attached hydrogen (secondary N) is 2. The second-order valence-electron chi connectivity index (χ2n) is 4.48. The Morgan fingerprint density at radius 3 is 2.65 bits per heavy atom. The number of aromatic nitrogens is 2. The van der Waals surface area contributed by atoms with Crippen molar-refractivity contribution in [3.8, 4) is 0 Å². The molecule has 0 saturated heterocycles. The molecule has 0 amide bonds. The van der Waals surface area contributed by atoms with Gasteiger partial charge in [-0.15, -0.1) is 0 Å². The van der Waals surface area contributed by atoms with Gasteiger partial charge < -0.3 is 10.6 Å². The zero-order valence-electron chi connectivity index (χ0n) is 11.6. The van der Waals surface area contributed by atoms with Crippen molar-refractivity contribution in [3.05, 3.63) is 47.1 Å². The van der Waals surface area contributed by atoms with Gasteiger partial charge in [-0.25, -0.2) is 4.98 Å². The Morgan fingerprint density at radius 1 is 1.10 bits per heavy atom. The third kappa shape index (κ3) is 4.38. The topological polar surface area (TPSA) is 49.8 Å². The quantitative estimate of drug-likeness (QED) is 0.818. The fourth-order valence-electron chi connectivity index (χ4n) is 1.78. The second-order valence-corrected chi connectivity index (χ2v) is 4.89. The summed E-state index contributed by atoms with van der Waals surface area (Å²) in [5.74, 6) is 1.29. The molecule has 20 heavy (non-hydrogen) atoms. The van der Waals surface area contributed by atoms with Crippen LogP contribution in [0.1, 0.15) is 18.9 Å². The van der Waals surface area contributed by atoms with Gasteiger partial charge in [0.2, 0.25) is 5.95 Å². The normalized spacial score (nSPS) is 10.3. The number of hydrogen-bond acceptors (Lipinski definition) is 4.